The van der Waals surface area contributed by atoms with Gasteiger partial charge in [0.05, 0.1) is 0 Å². The summed E-state index contributed by atoms with van der Waals surface area (Å²) < 4.78 is 26.8. The van der Waals surface area contributed by atoms with Crippen LogP contribution in [-0.4, -0.2) is 53.5 Å². The molecule has 1 atom stereocenters. The first-order chi connectivity index (χ1) is 10.1. The second kappa shape index (κ2) is 7.27. The molecule has 2 heterocycles. The summed E-state index contributed by atoms with van der Waals surface area (Å²) in [5, 5.41) is 9.04. The van der Waals surface area contributed by atoms with Gasteiger partial charge in [0, 0.05) is 42.0 Å². The van der Waals surface area contributed by atoms with Gasteiger partial charge in [0.25, 0.3) is 0 Å². The minimum atomic E-state index is -3.53. The third kappa shape index (κ3) is 3.98. The van der Waals surface area contributed by atoms with Crippen molar-refractivity contribution in [1.82, 2.24) is 9.29 Å². The summed E-state index contributed by atoms with van der Waals surface area (Å²) in [6.45, 7) is 2.87. The zero-order chi connectivity index (χ0) is 15.3. The maximum Gasteiger partial charge on any atom is 0.244 e. The van der Waals surface area contributed by atoms with E-state index in [0.717, 1.165) is 12.2 Å². The van der Waals surface area contributed by atoms with E-state index in [1.165, 1.54) is 22.8 Å². The van der Waals surface area contributed by atoms with E-state index in [9.17, 15) is 8.42 Å². The molecule has 0 radical (unpaired) electrons. The minimum Gasteiger partial charge on any atom is -0.384 e. The van der Waals surface area contributed by atoms with E-state index in [1.807, 2.05) is 11.8 Å². The molecule has 1 saturated heterocycles. The van der Waals surface area contributed by atoms with Gasteiger partial charge in [0.1, 0.15) is 11.5 Å². The molecule has 1 unspecified atom stereocenters. The highest BCUT2D eigenvalue weighted by Crippen LogP contribution is 2.26. The molecule has 1 aliphatic rings. The van der Waals surface area contributed by atoms with E-state index >= 15 is 0 Å². The maximum atomic E-state index is 12.7. The van der Waals surface area contributed by atoms with Crippen molar-refractivity contribution in [3.05, 3.63) is 24.0 Å². The average molecular weight is 326 g/mol. The number of sulfonamides is 1. The number of aliphatic hydroxyl groups excluding tert-OH is 1. The first-order valence-corrected chi connectivity index (χ1v) is 9.23. The predicted molar refractivity (Wildman–Crippen MR) is 83.5 cm³/mol. The Morgan fingerprint density at radius 3 is 3.05 bits per heavy atom. The zero-order valence-electron chi connectivity index (χ0n) is 11.8. The van der Waals surface area contributed by atoms with Crippen LogP contribution in [0.25, 0.3) is 0 Å². The van der Waals surface area contributed by atoms with E-state index in [1.54, 1.807) is 0 Å². The Hall–Kier alpha value is -1.07. The van der Waals surface area contributed by atoms with Gasteiger partial charge in [0.15, 0.2) is 0 Å². The molecule has 0 amide bonds. The Morgan fingerprint density at radius 1 is 1.52 bits per heavy atom. The molecule has 0 aromatic carbocycles. The summed E-state index contributed by atoms with van der Waals surface area (Å²) in [6.07, 6.45) is 3.79. The van der Waals surface area contributed by atoms with Crippen molar-refractivity contribution < 1.29 is 13.5 Å². The molecule has 1 aromatic heterocycles. The zero-order valence-corrected chi connectivity index (χ0v) is 13.5. The van der Waals surface area contributed by atoms with E-state index in [0.29, 0.717) is 23.9 Å². The van der Waals surface area contributed by atoms with Crippen molar-refractivity contribution in [3.8, 4) is 11.8 Å². The normalized spacial score (nSPS) is 19.8. The van der Waals surface area contributed by atoms with Crippen LogP contribution in [0.1, 0.15) is 18.9 Å². The van der Waals surface area contributed by atoms with Crippen LogP contribution < -0.4 is 0 Å². The molecule has 1 aliphatic heterocycles. The largest absolute Gasteiger partial charge is 0.384 e. The van der Waals surface area contributed by atoms with E-state index in [4.69, 9.17) is 5.11 Å². The van der Waals surface area contributed by atoms with Gasteiger partial charge in [-0.15, -0.1) is 0 Å². The van der Waals surface area contributed by atoms with Gasteiger partial charge in [-0.1, -0.05) is 18.8 Å². The topological polar surface area (TPSA) is 70.5 Å². The molecule has 21 heavy (non-hydrogen) atoms. The lowest BCUT2D eigenvalue weighted by Gasteiger charge is -2.30. The Kier molecular flexibility index (Phi) is 5.65. The van der Waals surface area contributed by atoms with Crippen LogP contribution in [-0.2, 0) is 10.0 Å². The Morgan fingerprint density at radius 2 is 2.33 bits per heavy atom. The fourth-order valence-corrected chi connectivity index (χ4v) is 4.94. The third-order valence-electron chi connectivity index (χ3n) is 3.22. The molecule has 7 heteroatoms. The lowest BCUT2D eigenvalue weighted by molar-refractivity contribution is 0.350. The first-order valence-electron chi connectivity index (χ1n) is 6.74. The molecule has 0 aliphatic carbocycles. The third-order valence-corrected chi connectivity index (χ3v) is 6.42. The molecule has 0 bridgehead atoms. The van der Waals surface area contributed by atoms with Crippen molar-refractivity contribution in [1.29, 1.82) is 0 Å². The highest BCUT2D eigenvalue weighted by atomic mass is 32.2. The van der Waals surface area contributed by atoms with Gasteiger partial charge in [-0.05, 0) is 12.5 Å². The first kappa shape index (κ1) is 16.3. The number of hydrogen-bond donors (Lipinski definition) is 1. The molecule has 5 nitrogen and oxygen atoms in total. The van der Waals surface area contributed by atoms with Crippen molar-refractivity contribution >= 4 is 21.8 Å². The predicted octanol–water partition coefficient (Wildman–Crippen LogP) is 0.942. The lowest BCUT2D eigenvalue weighted by Crippen LogP contribution is -2.41. The molecule has 114 valence electrons. The standard InChI is InChI=1S/C14H18N2O3S2/c1-2-13-11-16(5-7-20-13)21(18,19)14-8-12(4-3-6-17)9-15-10-14/h8-10,13,17H,2,5-7,11H2,1H3. The van der Waals surface area contributed by atoms with Crippen LogP contribution in [0.2, 0.25) is 0 Å². The van der Waals surface area contributed by atoms with Crippen LogP contribution in [0.4, 0.5) is 0 Å². The van der Waals surface area contributed by atoms with Crippen molar-refractivity contribution in [2.45, 2.75) is 23.5 Å². The number of pyridine rings is 1. The van der Waals surface area contributed by atoms with E-state index in [-0.39, 0.29) is 11.5 Å². The number of thioether (sulfide) groups is 1. The van der Waals surface area contributed by atoms with E-state index < -0.39 is 10.0 Å². The molecule has 1 aromatic rings. The van der Waals surface area contributed by atoms with Crippen LogP contribution in [0.15, 0.2) is 23.4 Å². The number of rotatable bonds is 3. The fraction of sp³-hybridized carbons (Fsp3) is 0.500. The smallest absolute Gasteiger partial charge is 0.244 e. The molecule has 0 saturated carbocycles. The van der Waals surface area contributed by atoms with Crippen molar-refractivity contribution in [2.75, 3.05) is 25.4 Å². The SMILES string of the molecule is CCC1CN(S(=O)(=O)c2cncc(C#CCO)c2)CCS1. The van der Waals surface area contributed by atoms with E-state index in [2.05, 4.69) is 23.7 Å². The maximum absolute atomic E-state index is 12.7. The summed E-state index contributed by atoms with van der Waals surface area (Å²) in [7, 11) is -3.53. The number of aliphatic hydroxyl groups is 1. The van der Waals surface area contributed by atoms with Gasteiger partial charge < -0.3 is 5.11 Å². The van der Waals surface area contributed by atoms with Crippen molar-refractivity contribution in [2.24, 2.45) is 0 Å². The monoisotopic (exact) mass is 326 g/mol. The van der Waals surface area contributed by atoms with Crippen LogP contribution in [0.3, 0.4) is 0 Å². The fourth-order valence-electron chi connectivity index (χ4n) is 2.08. The van der Waals surface area contributed by atoms with Crippen LogP contribution in [0.5, 0.6) is 0 Å². The number of aromatic nitrogens is 1. The Balaban J connectivity index is 2.26. The molecular weight excluding hydrogens is 308 g/mol. The Bertz CT molecular complexity index is 650. The molecule has 2 rings (SSSR count). The summed E-state index contributed by atoms with van der Waals surface area (Å²) in [5.41, 5.74) is 0.489. The van der Waals surface area contributed by atoms with Crippen LogP contribution in [0, 0.1) is 11.8 Å². The highest BCUT2D eigenvalue weighted by molar-refractivity contribution is 8.00. The minimum absolute atomic E-state index is 0.161. The highest BCUT2D eigenvalue weighted by Gasteiger charge is 2.30. The van der Waals surface area contributed by atoms with Crippen molar-refractivity contribution in [3.63, 3.8) is 0 Å². The van der Waals surface area contributed by atoms with Gasteiger partial charge in [-0.2, -0.15) is 16.1 Å². The van der Waals surface area contributed by atoms with Gasteiger partial charge in [-0.3, -0.25) is 4.98 Å². The second-order valence-corrected chi connectivity index (χ2v) is 7.98. The second-order valence-electron chi connectivity index (χ2n) is 4.63. The van der Waals surface area contributed by atoms with Crippen LogP contribution >= 0.6 is 11.8 Å². The molecule has 0 spiro atoms. The molecule has 1 fully saturated rings. The lowest BCUT2D eigenvalue weighted by atomic mass is 10.3. The summed E-state index contributed by atoms with van der Waals surface area (Å²) in [4.78, 5) is 4.10. The van der Waals surface area contributed by atoms with Gasteiger partial charge in [0.2, 0.25) is 10.0 Å². The summed E-state index contributed by atoms with van der Waals surface area (Å²) in [6, 6.07) is 1.51. The molecular formula is C14H18N2O3S2. The molecule has 1 N–H and O–H groups in total. The summed E-state index contributed by atoms with van der Waals surface area (Å²) in [5.74, 6) is 5.99. The quantitative estimate of drug-likeness (QED) is 0.837. The number of hydrogen-bond acceptors (Lipinski definition) is 5. The average Bonchev–Trinajstić information content (AvgIpc) is 2.53. The number of nitrogens with zero attached hydrogens (tertiary/aromatic N) is 2. The van der Waals surface area contributed by atoms with Gasteiger partial charge in [-0.25, -0.2) is 8.42 Å². The Labute approximate surface area is 129 Å². The van der Waals surface area contributed by atoms with Gasteiger partial charge >= 0.3 is 0 Å². The summed E-state index contributed by atoms with van der Waals surface area (Å²) >= 11 is 1.82.